The molecule has 0 radical (unpaired) electrons. The summed E-state index contributed by atoms with van der Waals surface area (Å²) in [6.07, 6.45) is 5.02. The molecule has 9 nitrogen and oxygen atoms in total. The molecule has 2 amide bonds. The summed E-state index contributed by atoms with van der Waals surface area (Å²) in [7, 11) is 0. The van der Waals surface area contributed by atoms with E-state index in [-0.39, 0.29) is 11.5 Å². The van der Waals surface area contributed by atoms with Crippen molar-refractivity contribution >= 4 is 23.3 Å². The number of anilines is 1. The molecule has 0 fully saturated rings. The van der Waals surface area contributed by atoms with Gasteiger partial charge < -0.3 is 10.1 Å². The number of amides is 2. The Balaban J connectivity index is 1.60. The Hall–Kier alpha value is -4.01. The van der Waals surface area contributed by atoms with Crippen LogP contribution in [0.1, 0.15) is 62.6 Å². The van der Waals surface area contributed by atoms with Crippen LogP contribution in [0.2, 0.25) is 0 Å². The molecule has 188 valence electrons. The van der Waals surface area contributed by atoms with Crippen LogP contribution in [0, 0.1) is 6.92 Å². The molecule has 3 N–H and O–H groups in total. The molecule has 0 saturated heterocycles. The molecule has 0 spiro atoms. The number of carbonyl (C=O) groups is 2. The van der Waals surface area contributed by atoms with Gasteiger partial charge in [-0.15, -0.1) is 5.10 Å². The Morgan fingerprint density at radius 3 is 2.50 bits per heavy atom. The molecular formula is C27H32N6O3. The minimum absolute atomic E-state index is 0.00201. The van der Waals surface area contributed by atoms with E-state index in [1.165, 1.54) is 12.8 Å². The number of aromatic nitrogens is 4. The van der Waals surface area contributed by atoms with Gasteiger partial charge in [0, 0.05) is 6.42 Å². The van der Waals surface area contributed by atoms with Crippen molar-refractivity contribution in [1.82, 2.24) is 25.9 Å². The lowest BCUT2D eigenvalue weighted by atomic mass is 9.78. The average Bonchev–Trinajstić information content (AvgIpc) is 3.37. The summed E-state index contributed by atoms with van der Waals surface area (Å²) in [6, 6.07) is 15.6. The maximum atomic E-state index is 13.4. The number of hydrogen-bond acceptors (Lipinski definition) is 6. The first kappa shape index (κ1) is 25.1. The number of carbonyl (C=O) groups excluding carboxylic acids is 2. The Morgan fingerprint density at radius 2 is 1.83 bits per heavy atom. The standard InChI is InChI=1S/C27H32N6O3/c1-4-5-6-7-16-36-21-14-12-20(13-15-21)27(3)17-22(19-10-8-18(2)9-11-19)23(25(35)29-27)24(34)28-26-30-32-33-31-26/h8-15H,4-7,16-17H2,1-3H3,(H,29,35)(H2,28,30,31,32,33,34)/t27-/m0/s1. The first-order chi connectivity index (χ1) is 17.4. The number of nitrogens with zero attached hydrogens (tertiary/aromatic N) is 3. The van der Waals surface area contributed by atoms with E-state index in [9.17, 15) is 9.59 Å². The van der Waals surface area contributed by atoms with E-state index in [1.54, 1.807) is 0 Å². The quantitative estimate of drug-likeness (QED) is 0.289. The van der Waals surface area contributed by atoms with Gasteiger partial charge in [0.25, 0.3) is 17.8 Å². The minimum Gasteiger partial charge on any atom is -0.494 e. The summed E-state index contributed by atoms with van der Waals surface area (Å²) in [5, 5.41) is 18.9. The second-order valence-electron chi connectivity index (χ2n) is 9.31. The molecule has 0 bridgehead atoms. The molecule has 0 saturated carbocycles. The van der Waals surface area contributed by atoms with Crippen molar-refractivity contribution in [3.63, 3.8) is 0 Å². The predicted octanol–water partition coefficient (Wildman–Crippen LogP) is 4.29. The molecule has 1 atom stereocenters. The molecule has 0 unspecified atom stereocenters. The smallest absolute Gasteiger partial charge is 0.270 e. The number of unbranched alkanes of at least 4 members (excludes halogenated alkanes) is 3. The lowest BCUT2D eigenvalue weighted by molar-refractivity contribution is -0.123. The fourth-order valence-corrected chi connectivity index (χ4v) is 4.37. The third kappa shape index (κ3) is 5.79. The van der Waals surface area contributed by atoms with Gasteiger partial charge in [-0.2, -0.15) is 5.21 Å². The van der Waals surface area contributed by atoms with E-state index in [1.807, 2.05) is 62.4 Å². The van der Waals surface area contributed by atoms with Crippen LogP contribution in [-0.2, 0) is 15.1 Å². The van der Waals surface area contributed by atoms with Crippen LogP contribution >= 0.6 is 0 Å². The van der Waals surface area contributed by atoms with Gasteiger partial charge in [-0.1, -0.05) is 73.2 Å². The van der Waals surface area contributed by atoms with E-state index in [2.05, 4.69) is 38.2 Å². The Bertz CT molecular complexity index is 1220. The largest absolute Gasteiger partial charge is 0.494 e. The number of hydrogen-bond donors (Lipinski definition) is 3. The molecule has 2 aromatic carbocycles. The van der Waals surface area contributed by atoms with Crippen molar-refractivity contribution in [1.29, 1.82) is 0 Å². The van der Waals surface area contributed by atoms with Crippen molar-refractivity contribution in [2.45, 2.75) is 58.4 Å². The summed E-state index contributed by atoms with van der Waals surface area (Å²) in [4.78, 5) is 26.5. The van der Waals surface area contributed by atoms with Gasteiger partial charge in [-0.25, -0.2) is 0 Å². The van der Waals surface area contributed by atoms with E-state index < -0.39 is 17.4 Å². The number of nitrogens with one attached hydrogen (secondary N) is 3. The fraction of sp³-hybridized carbons (Fsp3) is 0.370. The zero-order valence-electron chi connectivity index (χ0n) is 20.9. The second-order valence-corrected chi connectivity index (χ2v) is 9.31. The van der Waals surface area contributed by atoms with Crippen molar-refractivity contribution in [3.05, 3.63) is 70.8 Å². The van der Waals surface area contributed by atoms with Gasteiger partial charge >= 0.3 is 0 Å². The molecule has 4 rings (SSSR count). The van der Waals surface area contributed by atoms with Gasteiger partial charge in [-0.3, -0.25) is 14.9 Å². The molecule has 1 aliphatic heterocycles. The fourth-order valence-electron chi connectivity index (χ4n) is 4.37. The van der Waals surface area contributed by atoms with Crippen LogP contribution in [-0.4, -0.2) is 39.0 Å². The Kier molecular flexibility index (Phi) is 7.77. The van der Waals surface area contributed by atoms with Crippen LogP contribution in [0.25, 0.3) is 5.57 Å². The summed E-state index contributed by atoms with van der Waals surface area (Å²) in [5.74, 6) is -0.243. The Morgan fingerprint density at radius 1 is 1.08 bits per heavy atom. The van der Waals surface area contributed by atoms with Crippen LogP contribution in [0.5, 0.6) is 5.75 Å². The predicted molar refractivity (Wildman–Crippen MR) is 137 cm³/mol. The first-order valence-corrected chi connectivity index (χ1v) is 12.3. The molecule has 2 heterocycles. The molecule has 1 aliphatic rings. The highest BCUT2D eigenvalue weighted by Crippen LogP contribution is 2.39. The highest BCUT2D eigenvalue weighted by molar-refractivity contribution is 6.28. The number of rotatable bonds is 10. The summed E-state index contributed by atoms with van der Waals surface area (Å²) in [6.45, 7) is 6.83. The van der Waals surface area contributed by atoms with Crippen LogP contribution in [0.4, 0.5) is 5.95 Å². The number of aromatic amines is 1. The Labute approximate surface area is 210 Å². The van der Waals surface area contributed by atoms with Crippen molar-refractivity contribution in [3.8, 4) is 5.75 Å². The molecule has 9 heteroatoms. The van der Waals surface area contributed by atoms with Gasteiger partial charge in [0.05, 0.1) is 12.1 Å². The van der Waals surface area contributed by atoms with Crippen LogP contribution in [0.3, 0.4) is 0 Å². The SMILES string of the molecule is CCCCCCOc1ccc([C@]2(C)CC(c3ccc(C)cc3)=C(C(=O)Nc3nn[nH]n3)C(=O)N2)cc1. The second kappa shape index (κ2) is 11.2. The summed E-state index contributed by atoms with van der Waals surface area (Å²) >= 11 is 0. The van der Waals surface area contributed by atoms with Crippen LogP contribution < -0.4 is 15.4 Å². The maximum absolute atomic E-state index is 13.4. The zero-order valence-corrected chi connectivity index (χ0v) is 20.9. The van der Waals surface area contributed by atoms with E-state index in [4.69, 9.17) is 4.74 Å². The average molecular weight is 489 g/mol. The monoisotopic (exact) mass is 488 g/mol. The lowest BCUT2D eigenvalue weighted by Gasteiger charge is -2.37. The highest BCUT2D eigenvalue weighted by Gasteiger charge is 2.40. The van der Waals surface area contributed by atoms with Gasteiger partial charge in [0.2, 0.25) is 0 Å². The number of tetrazole rings is 1. The summed E-state index contributed by atoms with van der Waals surface area (Å²) < 4.78 is 5.88. The lowest BCUT2D eigenvalue weighted by Crippen LogP contribution is -2.49. The molecule has 36 heavy (non-hydrogen) atoms. The third-order valence-electron chi connectivity index (χ3n) is 6.40. The van der Waals surface area contributed by atoms with Gasteiger partial charge in [0.1, 0.15) is 11.3 Å². The first-order valence-electron chi connectivity index (χ1n) is 12.3. The molecule has 3 aromatic rings. The van der Waals surface area contributed by atoms with Crippen molar-refractivity contribution in [2.24, 2.45) is 0 Å². The number of ether oxygens (including phenoxy) is 1. The number of H-pyrrole nitrogens is 1. The maximum Gasteiger partial charge on any atom is 0.270 e. The van der Waals surface area contributed by atoms with E-state index in [0.717, 1.165) is 35.3 Å². The van der Waals surface area contributed by atoms with Crippen LogP contribution in [0.15, 0.2) is 54.1 Å². The summed E-state index contributed by atoms with van der Waals surface area (Å²) in [5.41, 5.74) is 2.80. The number of aryl methyl sites for hydroxylation is 1. The minimum atomic E-state index is -0.715. The molecule has 0 aliphatic carbocycles. The topological polar surface area (TPSA) is 122 Å². The molecule has 1 aromatic heterocycles. The van der Waals surface area contributed by atoms with Crippen molar-refractivity contribution in [2.75, 3.05) is 11.9 Å². The van der Waals surface area contributed by atoms with Gasteiger partial charge in [0.15, 0.2) is 0 Å². The van der Waals surface area contributed by atoms with Gasteiger partial charge in [-0.05, 0) is 54.3 Å². The third-order valence-corrected chi connectivity index (χ3v) is 6.40. The highest BCUT2D eigenvalue weighted by atomic mass is 16.5. The van der Waals surface area contributed by atoms with E-state index in [0.29, 0.717) is 18.6 Å². The number of benzene rings is 2. The molecular weight excluding hydrogens is 456 g/mol. The zero-order chi connectivity index (χ0) is 25.5. The normalized spacial score (nSPS) is 17.6. The van der Waals surface area contributed by atoms with Crippen molar-refractivity contribution < 1.29 is 14.3 Å². The van der Waals surface area contributed by atoms with E-state index >= 15 is 0 Å².